The zero-order valence-electron chi connectivity index (χ0n) is 19.4. The molecular weight excluding hydrogens is 430 g/mol. The summed E-state index contributed by atoms with van der Waals surface area (Å²) in [6.07, 6.45) is 3.84. The largest absolute Gasteiger partial charge is 0.494 e. The molecule has 0 spiro atoms. The average Bonchev–Trinajstić information content (AvgIpc) is 2.83. The fraction of sp³-hybridized carbons (Fsp3) is 0.542. The molecule has 1 aliphatic carbocycles. The fourth-order valence-corrected chi connectivity index (χ4v) is 3.42. The molecule has 9 nitrogen and oxygen atoms in total. The Morgan fingerprint density at radius 1 is 1.09 bits per heavy atom. The lowest BCUT2D eigenvalue weighted by Crippen LogP contribution is -2.51. The summed E-state index contributed by atoms with van der Waals surface area (Å²) in [4.78, 5) is 14.0. The van der Waals surface area contributed by atoms with Gasteiger partial charge in [-0.25, -0.2) is 0 Å². The van der Waals surface area contributed by atoms with Crippen LogP contribution in [0.4, 0.5) is 5.69 Å². The lowest BCUT2D eigenvalue weighted by Gasteiger charge is -2.40. The van der Waals surface area contributed by atoms with Crippen LogP contribution in [0.2, 0.25) is 0 Å². The normalized spacial score (nSPS) is 20.2. The Morgan fingerprint density at radius 3 is 2.33 bits per heavy atom. The van der Waals surface area contributed by atoms with Crippen molar-refractivity contribution in [1.29, 1.82) is 0 Å². The Kier molecular flexibility index (Phi) is 10.7. The number of carbonyl (C=O) groups is 1. The molecule has 0 saturated carbocycles. The van der Waals surface area contributed by atoms with Gasteiger partial charge in [-0.2, -0.15) is 0 Å². The zero-order valence-corrected chi connectivity index (χ0v) is 19.4. The summed E-state index contributed by atoms with van der Waals surface area (Å²) in [6.45, 7) is 5.31. The number of ether oxygens (including phenoxy) is 3. The van der Waals surface area contributed by atoms with Crippen molar-refractivity contribution in [2.45, 2.75) is 58.0 Å². The molecule has 1 aromatic rings. The van der Waals surface area contributed by atoms with Gasteiger partial charge >= 0.3 is 0 Å². The third-order valence-corrected chi connectivity index (χ3v) is 5.08. The van der Waals surface area contributed by atoms with Crippen molar-refractivity contribution in [3.8, 4) is 11.5 Å². The molecule has 1 aliphatic heterocycles. The number of allylic oxidation sites excluding steroid dienone is 1. The van der Waals surface area contributed by atoms with Gasteiger partial charge < -0.3 is 34.6 Å². The molecule has 4 N–H and O–H groups in total. The lowest BCUT2D eigenvalue weighted by atomic mass is 9.99. The topological polar surface area (TPSA) is 129 Å². The Bertz CT molecular complexity index is 825. The molecule has 9 heteroatoms. The molecule has 0 bridgehead atoms. The second-order valence-electron chi connectivity index (χ2n) is 7.47. The summed E-state index contributed by atoms with van der Waals surface area (Å²) in [5.74, 6) is 1.44. The smallest absolute Gasteiger partial charge is 0.224 e. The van der Waals surface area contributed by atoms with Crippen molar-refractivity contribution < 1.29 is 39.4 Å². The number of carbonyl (C=O) groups excluding carboxylic acids is 1. The molecule has 1 heterocycles. The van der Waals surface area contributed by atoms with Crippen molar-refractivity contribution in [2.24, 2.45) is 0 Å². The minimum atomic E-state index is -0.834. The van der Waals surface area contributed by atoms with E-state index in [4.69, 9.17) is 24.4 Å². The van der Waals surface area contributed by atoms with Crippen molar-refractivity contribution in [2.75, 3.05) is 31.3 Å². The molecule has 0 radical (unpaired) electrons. The second kappa shape index (κ2) is 13.2. The van der Waals surface area contributed by atoms with Crippen LogP contribution in [0.5, 0.6) is 11.5 Å². The molecule has 4 atom stereocenters. The van der Waals surface area contributed by atoms with Gasteiger partial charge in [0.05, 0.1) is 50.4 Å². The molecule has 1 aromatic carbocycles. The maximum absolute atomic E-state index is 12.4. The van der Waals surface area contributed by atoms with Crippen LogP contribution in [-0.2, 0) is 9.53 Å². The van der Waals surface area contributed by atoms with Crippen molar-refractivity contribution in [3.63, 3.8) is 0 Å². The Morgan fingerprint density at radius 2 is 1.73 bits per heavy atom. The van der Waals surface area contributed by atoms with Gasteiger partial charge in [0.15, 0.2) is 0 Å². The number of hydrogen-bond donors (Lipinski definition) is 4. The van der Waals surface area contributed by atoms with Crippen LogP contribution in [0.15, 0.2) is 42.2 Å². The second-order valence-corrected chi connectivity index (χ2v) is 7.47. The van der Waals surface area contributed by atoms with Crippen LogP contribution in [-0.4, -0.2) is 77.1 Å². The van der Waals surface area contributed by atoms with Crippen LogP contribution in [0.25, 0.3) is 0 Å². The maximum Gasteiger partial charge on any atom is 0.224 e. The fourth-order valence-electron chi connectivity index (χ4n) is 3.42. The van der Waals surface area contributed by atoms with Crippen LogP contribution in [0.1, 0.15) is 33.6 Å². The van der Waals surface area contributed by atoms with E-state index in [1.54, 1.807) is 35.3 Å². The molecule has 0 fully saturated rings. The van der Waals surface area contributed by atoms with Gasteiger partial charge in [-0.3, -0.25) is 9.69 Å². The highest BCUT2D eigenvalue weighted by molar-refractivity contribution is 5.95. The first kappa shape index (κ1) is 26.7. The zero-order chi connectivity index (χ0) is 24.4. The molecule has 184 valence electrons. The van der Waals surface area contributed by atoms with Crippen LogP contribution >= 0.6 is 0 Å². The third-order valence-electron chi connectivity index (χ3n) is 5.08. The molecule has 33 heavy (non-hydrogen) atoms. The first-order valence-electron chi connectivity index (χ1n) is 11.3. The molecular formula is C24H35NO8. The Balaban J connectivity index is 0.00000187. The van der Waals surface area contributed by atoms with Crippen molar-refractivity contribution in [3.05, 3.63) is 42.2 Å². The number of aliphatic hydroxyl groups excluding tert-OH is 4. The molecule has 4 unspecified atom stereocenters. The molecule has 0 aromatic heterocycles. The van der Waals surface area contributed by atoms with E-state index < -0.39 is 18.3 Å². The van der Waals surface area contributed by atoms with Crippen molar-refractivity contribution >= 4 is 11.6 Å². The van der Waals surface area contributed by atoms with E-state index >= 15 is 0 Å². The molecule has 2 aliphatic rings. The minimum absolute atomic E-state index is 0.132. The van der Waals surface area contributed by atoms with E-state index in [1.165, 1.54) is 6.92 Å². The number of fused-ring (bicyclic) bond motifs is 2. The van der Waals surface area contributed by atoms with E-state index in [0.29, 0.717) is 29.4 Å². The number of anilines is 1. The first-order valence-corrected chi connectivity index (χ1v) is 11.3. The van der Waals surface area contributed by atoms with Gasteiger partial charge in [0.2, 0.25) is 5.91 Å². The van der Waals surface area contributed by atoms with E-state index in [-0.39, 0.29) is 44.8 Å². The number of benzene rings is 1. The van der Waals surface area contributed by atoms with E-state index in [1.807, 2.05) is 19.9 Å². The summed E-state index contributed by atoms with van der Waals surface area (Å²) in [6, 6.07) is 4.85. The summed E-state index contributed by atoms with van der Waals surface area (Å²) in [7, 11) is 0. The summed E-state index contributed by atoms with van der Waals surface area (Å²) in [5.41, 5.74) is 0.630. The van der Waals surface area contributed by atoms with E-state index in [2.05, 4.69) is 0 Å². The van der Waals surface area contributed by atoms with E-state index in [9.17, 15) is 15.0 Å². The SMILES string of the molecule is CC.CC(=O)N1c2ccc(OCCC(O)CO)cc2OC2C=C(OCCC(O)CO)C=CC21. The lowest BCUT2D eigenvalue weighted by molar-refractivity contribution is -0.117. The highest BCUT2D eigenvalue weighted by Gasteiger charge is 2.37. The van der Waals surface area contributed by atoms with Crippen molar-refractivity contribution in [1.82, 2.24) is 0 Å². The number of aliphatic hydroxyl groups is 4. The minimum Gasteiger partial charge on any atom is -0.494 e. The molecule has 3 rings (SSSR count). The first-order chi connectivity index (χ1) is 15.9. The monoisotopic (exact) mass is 465 g/mol. The number of amides is 1. The predicted octanol–water partition coefficient (Wildman–Crippen LogP) is 1.53. The van der Waals surface area contributed by atoms with Gasteiger partial charge in [-0.05, 0) is 18.2 Å². The number of nitrogens with zero attached hydrogens (tertiary/aromatic N) is 1. The van der Waals surface area contributed by atoms with Gasteiger partial charge in [0.25, 0.3) is 0 Å². The quantitative estimate of drug-likeness (QED) is 0.410. The van der Waals surface area contributed by atoms with Gasteiger partial charge in [0.1, 0.15) is 23.4 Å². The van der Waals surface area contributed by atoms with Gasteiger partial charge in [0, 0.05) is 31.9 Å². The van der Waals surface area contributed by atoms with E-state index in [0.717, 1.165) is 0 Å². The van der Waals surface area contributed by atoms with Crippen LogP contribution < -0.4 is 14.4 Å². The highest BCUT2D eigenvalue weighted by Crippen LogP contribution is 2.41. The van der Waals surface area contributed by atoms with Gasteiger partial charge in [-0.1, -0.05) is 19.9 Å². The van der Waals surface area contributed by atoms with Gasteiger partial charge in [-0.15, -0.1) is 0 Å². The Hall–Kier alpha value is -2.59. The average molecular weight is 466 g/mol. The number of hydrogen-bond acceptors (Lipinski definition) is 8. The summed E-state index contributed by atoms with van der Waals surface area (Å²) in [5, 5.41) is 36.7. The van der Waals surface area contributed by atoms with Crippen LogP contribution in [0.3, 0.4) is 0 Å². The summed E-state index contributed by atoms with van der Waals surface area (Å²) < 4.78 is 17.4. The van der Waals surface area contributed by atoms with Crippen LogP contribution in [0, 0.1) is 0 Å². The highest BCUT2D eigenvalue weighted by atomic mass is 16.5. The third kappa shape index (κ3) is 7.20. The predicted molar refractivity (Wildman–Crippen MR) is 123 cm³/mol. The molecule has 1 amide bonds. The molecule has 0 saturated heterocycles. The number of rotatable bonds is 10. The summed E-state index contributed by atoms with van der Waals surface area (Å²) >= 11 is 0. The Labute approximate surface area is 194 Å². The standard InChI is InChI=1S/C22H29NO8.C2H6/c1-14(26)23-19-4-2-17(29-8-6-15(27)12-24)10-21(19)31-22-11-18(3-5-20(22)23)30-9-7-16(28)13-25;1-2/h2-5,10-11,15-16,19,21,24-25,27-28H,6-9,12-13H2,1H3;1-2H3. The maximum atomic E-state index is 12.4.